The highest BCUT2D eigenvalue weighted by atomic mass is 16.5. The van der Waals surface area contributed by atoms with Gasteiger partial charge >= 0.3 is 12.0 Å². The van der Waals surface area contributed by atoms with Gasteiger partial charge < -0.3 is 20.1 Å². The molecule has 1 unspecified atom stereocenters. The fourth-order valence-electron chi connectivity index (χ4n) is 2.53. The first-order valence-electron chi connectivity index (χ1n) is 6.95. The lowest BCUT2D eigenvalue weighted by atomic mass is 9.93. The van der Waals surface area contributed by atoms with Gasteiger partial charge in [0.15, 0.2) is 0 Å². The molecule has 0 saturated carbocycles. The number of carboxylic acids is 1. The van der Waals surface area contributed by atoms with Crippen LogP contribution in [0.15, 0.2) is 0 Å². The second-order valence-electron chi connectivity index (χ2n) is 4.73. The fraction of sp³-hybridized carbons (Fsp3) is 0.846. The number of hydrogen-bond donors (Lipinski definition) is 2. The van der Waals surface area contributed by atoms with Crippen LogP contribution in [0.2, 0.25) is 0 Å². The van der Waals surface area contributed by atoms with E-state index in [1.54, 1.807) is 0 Å². The minimum atomic E-state index is -1.02. The van der Waals surface area contributed by atoms with Gasteiger partial charge in [0.05, 0.1) is 0 Å². The molecule has 0 bridgehead atoms. The van der Waals surface area contributed by atoms with Gasteiger partial charge in [0, 0.05) is 26.3 Å². The molecule has 6 nitrogen and oxygen atoms in total. The lowest BCUT2D eigenvalue weighted by Crippen LogP contribution is -2.55. The van der Waals surface area contributed by atoms with Crippen LogP contribution in [-0.4, -0.2) is 53.8 Å². The van der Waals surface area contributed by atoms with Gasteiger partial charge in [-0.25, -0.2) is 9.59 Å². The van der Waals surface area contributed by atoms with Crippen LogP contribution in [0.1, 0.15) is 39.5 Å². The number of urea groups is 1. The molecule has 19 heavy (non-hydrogen) atoms. The minimum Gasteiger partial charge on any atom is -0.479 e. The van der Waals surface area contributed by atoms with E-state index in [4.69, 9.17) is 4.74 Å². The number of likely N-dealkylation sites (tertiary alicyclic amines) is 1. The van der Waals surface area contributed by atoms with E-state index >= 15 is 0 Å². The molecule has 1 aliphatic heterocycles. The molecule has 1 heterocycles. The Morgan fingerprint density at radius 1 is 1.42 bits per heavy atom. The Morgan fingerprint density at radius 3 is 2.74 bits per heavy atom. The number of amides is 2. The Bertz CT molecular complexity index is 322. The van der Waals surface area contributed by atoms with Gasteiger partial charge in [0.1, 0.15) is 5.54 Å². The van der Waals surface area contributed by atoms with E-state index in [2.05, 4.69) is 5.32 Å². The summed E-state index contributed by atoms with van der Waals surface area (Å²) < 4.78 is 5.18. The number of aliphatic carboxylic acids is 1. The van der Waals surface area contributed by atoms with Gasteiger partial charge in [0.2, 0.25) is 0 Å². The summed E-state index contributed by atoms with van der Waals surface area (Å²) in [6, 6.07) is -0.279. The van der Waals surface area contributed by atoms with Gasteiger partial charge in [-0.15, -0.1) is 0 Å². The van der Waals surface area contributed by atoms with Gasteiger partial charge in [0.25, 0.3) is 0 Å². The highest BCUT2D eigenvalue weighted by Crippen LogP contribution is 2.32. The Hall–Kier alpha value is -1.30. The summed E-state index contributed by atoms with van der Waals surface area (Å²) in [6.07, 6.45) is 2.45. The molecule has 6 heteroatoms. The summed E-state index contributed by atoms with van der Waals surface area (Å²) in [6.45, 7) is 6.03. The van der Waals surface area contributed by atoms with Crippen molar-refractivity contribution in [2.45, 2.75) is 45.1 Å². The Morgan fingerprint density at radius 2 is 2.16 bits per heavy atom. The lowest BCUT2D eigenvalue weighted by molar-refractivity contribution is -0.148. The maximum absolute atomic E-state index is 12.1. The lowest BCUT2D eigenvalue weighted by Gasteiger charge is -2.33. The number of rotatable bonds is 7. The molecule has 1 aliphatic rings. The van der Waals surface area contributed by atoms with E-state index in [9.17, 15) is 14.7 Å². The molecule has 110 valence electrons. The van der Waals surface area contributed by atoms with Crippen molar-refractivity contribution in [3.05, 3.63) is 0 Å². The van der Waals surface area contributed by atoms with Crippen molar-refractivity contribution in [3.8, 4) is 0 Å². The average Bonchev–Trinajstić information content (AvgIpc) is 2.83. The number of carbonyl (C=O) groups excluding carboxylic acids is 1. The van der Waals surface area contributed by atoms with E-state index in [1.165, 1.54) is 4.90 Å². The van der Waals surface area contributed by atoms with Crippen LogP contribution in [0.5, 0.6) is 0 Å². The normalized spacial score (nSPS) is 22.5. The topological polar surface area (TPSA) is 78.9 Å². The van der Waals surface area contributed by atoms with Gasteiger partial charge in [-0.1, -0.05) is 6.92 Å². The second-order valence-corrected chi connectivity index (χ2v) is 4.73. The Labute approximate surface area is 114 Å². The van der Waals surface area contributed by atoms with E-state index < -0.39 is 11.5 Å². The van der Waals surface area contributed by atoms with Gasteiger partial charge in [-0.05, 0) is 32.6 Å². The summed E-state index contributed by atoms with van der Waals surface area (Å²) >= 11 is 0. The van der Waals surface area contributed by atoms with E-state index in [0.29, 0.717) is 39.1 Å². The van der Waals surface area contributed by atoms with Crippen LogP contribution < -0.4 is 5.32 Å². The third kappa shape index (κ3) is 3.59. The van der Waals surface area contributed by atoms with Crippen LogP contribution in [0, 0.1) is 0 Å². The van der Waals surface area contributed by atoms with Crippen molar-refractivity contribution < 1.29 is 19.4 Å². The first kappa shape index (κ1) is 15.8. The van der Waals surface area contributed by atoms with Crippen LogP contribution in [0.25, 0.3) is 0 Å². The fourth-order valence-corrected chi connectivity index (χ4v) is 2.53. The maximum atomic E-state index is 12.1. The van der Waals surface area contributed by atoms with E-state index in [0.717, 1.165) is 12.8 Å². The number of ether oxygens (including phenoxy) is 1. The van der Waals surface area contributed by atoms with Crippen molar-refractivity contribution in [2.75, 3.05) is 26.3 Å². The summed E-state index contributed by atoms with van der Waals surface area (Å²) in [5.74, 6) is -0.906. The molecule has 1 fully saturated rings. The molecule has 1 rings (SSSR count). The smallest absolute Gasteiger partial charge is 0.329 e. The number of carboxylic acid groups (broad SMARTS) is 1. The monoisotopic (exact) mass is 272 g/mol. The van der Waals surface area contributed by atoms with Gasteiger partial charge in [-0.3, -0.25) is 0 Å². The minimum absolute atomic E-state index is 0.279. The zero-order chi connectivity index (χ0) is 14.3. The molecule has 2 N–H and O–H groups in total. The molecular weight excluding hydrogens is 248 g/mol. The largest absolute Gasteiger partial charge is 0.479 e. The molecule has 0 radical (unpaired) electrons. The Balaban J connectivity index is 2.48. The molecule has 1 atom stereocenters. The molecule has 2 amide bonds. The van der Waals surface area contributed by atoms with Crippen LogP contribution in [0.3, 0.4) is 0 Å². The van der Waals surface area contributed by atoms with Gasteiger partial charge in [-0.2, -0.15) is 0 Å². The zero-order valence-corrected chi connectivity index (χ0v) is 11.8. The number of nitrogens with one attached hydrogen (secondary N) is 1. The number of carbonyl (C=O) groups is 2. The van der Waals surface area contributed by atoms with Crippen molar-refractivity contribution in [3.63, 3.8) is 0 Å². The first-order chi connectivity index (χ1) is 9.08. The molecule has 0 spiro atoms. The third-order valence-electron chi connectivity index (χ3n) is 3.66. The standard InChI is InChI=1S/C13H24N2O4/c1-3-13(11(16)17)7-5-9-15(13)12(18)14-8-6-10-19-4-2/h3-10H2,1-2H3,(H,14,18)(H,16,17). The Kier molecular flexibility index (Phi) is 6.08. The summed E-state index contributed by atoms with van der Waals surface area (Å²) in [5, 5.41) is 12.2. The highest BCUT2D eigenvalue weighted by Gasteiger charge is 2.48. The van der Waals surface area contributed by atoms with Crippen molar-refractivity contribution in [1.29, 1.82) is 0 Å². The SMILES string of the molecule is CCOCCCNC(=O)N1CCCC1(CC)C(=O)O. The number of nitrogens with zero attached hydrogens (tertiary/aromatic N) is 1. The predicted molar refractivity (Wildman–Crippen MR) is 71.1 cm³/mol. The van der Waals surface area contributed by atoms with Crippen molar-refractivity contribution in [2.24, 2.45) is 0 Å². The van der Waals surface area contributed by atoms with E-state index in [1.807, 2.05) is 13.8 Å². The van der Waals surface area contributed by atoms with E-state index in [-0.39, 0.29) is 6.03 Å². The highest BCUT2D eigenvalue weighted by molar-refractivity contribution is 5.87. The molecule has 0 aromatic carbocycles. The summed E-state index contributed by atoms with van der Waals surface area (Å²) in [4.78, 5) is 25.0. The molecule has 0 aromatic rings. The summed E-state index contributed by atoms with van der Waals surface area (Å²) in [5.41, 5.74) is -1.02. The van der Waals surface area contributed by atoms with Crippen molar-refractivity contribution in [1.82, 2.24) is 10.2 Å². The number of hydrogen-bond acceptors (Lipinski definition) is 3. The van der Waals surface area contributed by atoms with Crippen LogP contribution >= 0.6 is 0 Å². The molecule has 0 aromatic heterocycles. The summed E-state index contributed by atoms with van der Waals surface area (Å²) in [7, 11) is 0. The predicted octanol–water partition coefficient (Wildman–Crippen LogP) is 1.45. The average molecular weight is 272 g/mol. The third-order valence-corrected chi connectivity index (χ3v) is 3.66. The van der Waals surface area contributed by atoms with Crippen LogP contribution in [0.4, 0.5) is 4.79 Å². The maximum Gasteiger partial charge on any atom is 0.329 e. The molecule has 1 saturated heterocycles. The molecular formula is C13H24N2O4. The quantitative estimate of drug-likeness (QED) is 0.688. The zero-order valence-electron chi connectivity index (χ0n) is 11.8. The second kappa shape index (κ2) is 7.33. The van der Waals surface area contributed by atoms with Crippen LogP contribution in [-0.2, 0) is 9.53 Å². The first-order valence-corrected chi connectivity index (χ1v) is 6.95. The molecule has 0 aliphatic carbocycles. The van der Waals surface area contributed by atoms with Crippen molar-refractivity contribution >= 4 is 12.0 Å².